The zero-order valence-electron chi connectivity index (χ0n) is 12.2. The molecule has 5 heteroatoms. The van der Waals surface area contributed by atoms with E-state index in [2.05, 4.69) is 24.2 Å². The highest BCUT2D eigenvalue weighted by Gasteiger charge is 2.10. The molecule has 1 aromatic carbocycles. The first-order valence-corrected chi connectivity index (χ1v) is 6.83. The molecule has 0 saturated heterocycles. The van der Waals surface area contributed by atoms with Crippen molar-refractivity contribution in [3.8, 4) is 0 Å². The van der Waals surface area contributed by atoms with Crippen LogP contribution in [0.4, 0.5) is 0 Å². The molecule has 0 saturated carbocycles. The molecular formula is C16H19N3O2. The Morgan fingerprint density at radius 1 is 1.19 bits per heavy atom. The highest BCUT2D eigenvalue weighted by atomic mass is 16.4. The Balaban J connectivity index is 2.41. The van der Waals surface area contributed by atoms with E-state index in [1.807, 2.05) is 19.1 Å². The van der Waals surface area contributed by atoms with Crippen LogP contribution < -0.4 is 11.3 Å². The number of nitrogens with two attached hydrogens (primary N) is 1. The van der Waals surface area contributed by atoms with Gasteiger partial charge in [0, 0.05) is 5.69 Å². The van der Waals surface area contributed by atoms with Crippen LogP contribution in [0, 0.1) is 6.92 Å². The largest absolute Gasteiger partial charge is 0.409 e. The van der Waals surface area contributed by atoms with Gasteiger partial charge in [0.1, 0.15) is 0 Å². The minimum absolute atomic E-state index is 0.171. The van der Waals surface area contributed by atoms with Crippen molar-refractivity contribution in [2.75, 3.05) is 0 Å². The van der Waals surface area contributed by atoms with Crippen LogP contribution in [-0.2, 0) is 13.0 Å². The van der Waals surface area contributed by atoms with Crippen LogP contribution in [0.15, 0.2) is 46.3 Å². The van der Waals surface area contributed by atoms with Gasteiger partial charge in [0.05, 0.1) is 12.1 Å². The Labute approximate surface area is 123 Å². The summed E-state index contributed by atoms with van der Waals surface area (Å²) in [4.78, 5) is 12.4. The second kappa shape index (κ2) is 6.26. The van der Waals surface area contributed by atoms with E-state index in [-0.39, 0.29) is 17.0 Å². The van der Waals surface area contributed by atoms with Gasteiger partial charge in [-0.1, -0.05) is 36.3 Å². The van der Waals surface area contributed by atoms with E-state index in [4.69, 9.17) is 10.9 Å². The molecular weight excluding hydrogens is 266 g/mol. The summed E-state index contributed by atoms with van der Waals surface area (Å²) in [5.41, 5.74) is 8.60. The van der Waals surface area contributed by atoms with Crippen LogP contribution in [-0.4, -0.2) is 15.6 Å². The summed E-state index contributed by atoms with van der Waals surface area (Å²) in [6, 6.07) is 11.5. The molecule has 21 heavy (non-hydrogen) atoms. The lowest BCUT2D eigenvalue weighted by atomic mass is 10.1. The molecule has 0 radical (unpaired) electrons. The van der Waals surface area contributed by atoms with E-state index < -0.39 is 0 Å². The molecule has 110 valence electrons. The number of amidine groups is 1. The summed E-state index contributed by atoms with van der Waals surface area (Å²) < 4.78 is 1.62. The van der Waals surface area contributed by atoms with E-state index in [0.717, 1.165) is 17.7 Å². The second-order valence-electron chi connectivity index (χ2n) is 4.93. The summed E-state index contributed by atoms with van der Waals surface area (Å²) in [6.07, 6.45) is 0.984. The van der Waals surface area contributed by atoms with Crippen molar-refractivity contribution in [1.82, 2.24) is 4.57 Å². The predicted molar refractivity (Wildman–Crippen MR) is 82.9 cm³/mol. The number of oxime groups is 1. The van der Waals surface area contributed by atoms with Gasteiger partial charge >= 0.3 is 0 Å². The Morgan fingerprint density at radius 2 is 1.81 bits per heavy atom. The molecule has 2 aromatic rings. The molecule has 0 atom stereocenters. The standard InChI is InChI=1S/C16H19N3O2/c1-3-12-5-7-13(8-6-12)10-19-11(2)4-9-14(16(19)20)15(17)18-21/h4-9,21H,3,10H2,1-2H3,(H2,17,18). The fourth-order valence-electron chi connectivity index (χ4n) is 2.18. The van der Waals surface area contributed by atoms with Crippen LogP contribution in [0.5, 0.6) is 0 Å². The lowest BCUT2D eigenvalue weighted by Gasteiger charge is -2.12. The van der Waals surface area contributed by atoms with Gasteiger partial charge in [-0.25, -0.2) is 0 Å². The number of nitrogens with zero attached hydrogens (tertiary/aromatic N) is 2. The van der Waals surface area contributed by atoms with Crippen molar-refractivity contribution in [3.63, 3.8) is 0 Å². The van der Waals surface area contributed by atoms with Gasteiger partial charge in [0.2, 0.25) is 0 Å². The van der Waals surface area contributed by atoms with Gasteiger partial charge in [0.15, 0.2) is 5.84 Å². The maximum atomic E-state index is 12.4. The molecule has 3 N–H and O–H groups in total. The highest BCUT2D eigenvalue weighted by molar-refractivity contribution is 5.96. The number of pyridine rings is 1. The quantitative estimate of drug-likeness (QED) is 0.389. The first-order valence-electron chi connectivity index (χ1n) is 6.83. The van der Waals surface area contributed by atoms with Crippen LogP contribution in [0.2, 0.25) is 0 Å². The van der Waals surface area contributed by atoms with Gasteiger partial charge in [0.25, 0.3) is 5.56 Å². The molecule has 2 rings (SSSR count). The molecule has 0 bridgehead atoms. The molecule has 0 amide bonds. The average Bonchev–Trinajstić information content (AvgIpc) is 2.51. The summed E-state index contributed by atoms with van der Waals surface area (Å²) in [5, 5.41) is 11.6. The van der Waals surface area contributed by atoms with Crippen molar-refractivity contribution in [3.05, 3.63) is 69.1 Å². The summed E-state index contributed by atoms with van der Waals surface area (Å²) >= 11 is 0. The Hall–Kier alpha value is -2.56. The lowest BCUT2D eigenvalue weighted by molar-refractivity contribution is 0.318. The molecule has 0 aliphatic heterocycles. The summed E-state index contributed by atoms with van der Waals surface area (Å²) in [6.45, 7) is 4.42. The first kappa shape index (κ1) is 14.8. The third-order valence-corrected chi connectivity index (χ3v) is 3.55. The molecule has 5 nitrogen and oxygen atoms in total. The predicted octanol–water partition coefficient (Wildman–Crippen LogP) is 1.86. The third-order valence-electron chi connectivity index (χ3n) is 3.55. The Bertz CT molecular complexity index is 715. The zero-order chi connectivity index (χ0) is 15.4. The van der Waals surface area contributed by atoms with Crippen molar-refractivity contribution in [2.45, 2.75) is 26.8 Å². The molecule has 0 fully saturated rings. The zero-order valence-corrected chi connectivity index (χ0v) is 12.2. The maximum absolute atomic E-state index is 12.4. The van der Waals surface area contributed by atoms with Gasteiger partial charge in [-0.15, -0.1) is 0 Å². The van der Waals surface area contributed by atoms with E-state index in [1.165, 1.54) is 5.56 Å². The fraction of sp³-hybridized carbons (Fsp3) is 0.250. The lowest BCUT2D eigenvalue weighted by Crippen LogP contribution is -2.31. The topological polar surface area (TPSA) is 80.6 Å². The smallest absolute Gasteiger partial charge is 0.262 e. The van der Waals surface area contributed by atoms with Gasteiger partial charge in [-0.2, -0.15) is 0 Å². The number of aryl methyl sites for hydroxylation is 2. The number of aromatic nitrogens is 1. The maximum Gasteiger partial charge on any atom is 0.262 e. The van der Waals surface area contributed by atoms with Crippen molar-refractivity contribution < 1.29 is 5.21 Å². The van der Waals surface area contributed by atoms with E-state index in [9.17, 15) is 4.79 Å². The average molecular weight is 285 g/mol. The number of hydrogen-bond donors (Lipinski definition) is 2. The molecule has 0 unspecified atom stereocenters. The SMILES string of the molecule is CCc1ccc(Cn2c(C)ccc(/C(N)=N/O)c2=O)cc1. The highest BCUT2D eigenvalue weighted by Crippen LogP contribution is 2.08. The van der Waals surface area contributed by atoms with Crippen LogP contribution in [0.25, 0.3) is 0 Å². The minimum atomic E-state index is -0.259. The summed E-state index contributed by atoms with van der Waals surface area (Å²) in [7, 11) is 0. The third kappa shape index (κ3) is 3.13. The van der Waals surface area contributed by atoms with Gasteiger partial charge < -0.3 is 15.5 Å². The van der Waals surface area contributed by atoms with E-state index >= 15 is 0 Å². The molecule has 0 spiro atoms. The number of rotatable bonds is 4. The first-order chi connectivity index (χ1) is 10.1. The van der Waals surface area contributed by atoms with Crippen molar-refractivity contribution in [1.29, 1.82) is 0 Å². The normalized spacial score (nSPS) is 11.6. The minimum Gasteiger partial charge on any atom is -0.409 e. The van der Waals surface area contributed by atoms with E-state index in [1.54, 1.807) is 16.7 Å². The Kier molecular flexibility index (Phi) is 4.42. The molecule has 0 aliphatic carbocycles. The molecule has 1 aromatic heterocycles. The van der Waals surface area contributed by atoms with Crippen LogP contribution >= 0.6 is 0 Å². The van der Waals surface area contributed by atoms with Gasteiger partial charge in [-0.3, -0.25) is 4.79 Å². The molecule has 1 heterocycles. The fourth-order valence-corrected chi connectivity index (χ4v) is 2.18. The Morgan fingerprint density at radius 3 is 2.38 bits per heavy atom. The van der Waals surface area contributed by atoms with Crippen molar-refractivity contribution in [2.24, 2.45) is 10.9 Å². The van der Waals surface area contributed by atoms with Crippen molar-refractivity contribution >= 4 is 5.84 Å². The number of benzene rings is 1. The molecule has 0 aliphatic rings. The van der Waals surface area contributed by atoms with Gasteiger partial charge in [-0.05, 0) is 36.6 Å². The summed E-state index contributed by atoms with van der Waals surface area (Å²) in [5.74, 6) is -0.171. The second-order valence-corrected chi connectivity index (χ2v) is 4.93. The van der Waals surface area contributed by atoms with Crippen LogP contribution in [0.3, 0.4) is 0 Å². The number of hydrogen-bond acceptors (Lipinski definition) is 3. The van der Waals surface area contributed by atoms with E-state index in [0.29, 0.717) is 6.54 Å². The monoisotopic (exact) mass is 285 g/mol. The van der Waals surface area contributed by atoms with Crippen LogP contribution in [0.1, 0.15) is 29.3 Å².